The highest BCUT2D eigenvalue weighted by molar-refractivity contribution is 9.10. The molecule has 16 heavy (non-hydrogen) atoms. The number of benzene rings is 1. The first kappa shape index (κ1) is 11.4. The smallest absolute Gasteiger partial charge is 0.129 e. The molecule has 0 spiro atoms. The summed E-state index contributed by atoms with van der Waals surface area (Å²) in [5.74, 6) is -0.404. The van der Waals surface area contributed by atoms with Crippen LogP contribution in [0.3, 0.4) is 0 Å². The van der Waals surface area contributed by atoms with Crippen molar-refractivity contribution >= 4 is 15.9 Å². The van der Waals surface area contributed by atoms with E-state index in [1.807, 2.05) is 0 Å². The van der Waals surface area contributed by atoms with Gasteiger partial charge in [0.05, 0.1) is 18.6 Å². The lowest BCUT2D eigenvalue weighted by atomic mass is 10.0. The van der Waals surface area contributed by atoms with Crippen molar-refractivity contribution < 1.29 is 13.9 Å². The molecule has 1 aromatic carbocycles. The highest BCUT2D eigenvalue weighted by Crippen LogP contribution is 2.24. The number of aliphatic hydroxyl groups excluding tert-OH is 1. The first-order valence-electron chi connectivity index (χ1n) is 4.81. The molecule has 1 unspecified atom stereocenters. The number of aliphatic hydroxyl groups is 1. The summed E-state index contributed by atoms with van der Waals surface area (Å²) in [6.07, 6.45) is 2.54. The maximum absolute atomic E-state index is 13.4. The zero-order valence-corrected chi connectivity index (χ0v) is 9.95. The van der Waals surface area contributed by atoms with Crippen LogP contribution in [0.2, 0.25) is 0 Å². The van der Waals surface area contributed by atoms with Crippen molar-refractivity contribution in [2.75, 3.05) is 0 Å². The van der Waals surface area contributed by atoms with Crippen LogP contribution in [0.5, 0.6) is 0 Å². The summed E-state index contributed by atoms with van der Waals surface area (Å²) >= 11 is 3.25. The highest BCUT2D eigenvalue weighted by Gasteiger charge is 2.14. The number of halogens is 2. The van der Waals surface area contributed by atoms with Crippen LogP contribution in [0.4, 0.5) is 4.39 Å². The zero-order valence-electron chi connectivity index (χ0n) is 8.36. The Morgan fingerprint density at radius 2 is 2.19 bits per heavy atom. The molecule has 0 aliphatic rings. The Balaban J connectivity index is 2.20. The fourth-order valence-electron chi connectivity index (χ4n) is 1.51. The molecular formula is C12H10BrFO2. The maximum Gasteiger partial charge on any atom is 0.129 e. The van der Waals surface area contributed by atoms with E-state index in [1.54, 1.807) is 24.5 Å². The van der Waals surface area contributed by atoms with Crippen LogP contribution in [-0.4, -0.2) is 5.11 Å². The largest absolute Gasteiger partial charge is 0.472 e. The van der Waals surface area contributed by atoms with E-state index in [-0.39, 0.29) is 5.56 Å². The molecule has 1 atom stereocenters. The summed E-state index contributed by atoms with van der Waals surface area (Å²) in [6.45, 7) is 0. The van der Waals surface area contributed by atoms with Gasteiger partial charge in [0.15, 0.2) is 0 Å². The third kappa shape index (κ3) is 2.51. The van der Waals surface area contributed by atoms with Crippen molar-refractivity contribution in [3.63, 3.8) is 0 Å². The van der Waals surface area contributed by atoms with Crippen LogP contribution in [-0.2, 0) is 6.42 Å². The Bertz CT molecular complexity index is 468. The first-order chi connectivity index (χ1) is 7.66. The van der Waals surface area contributed by atoms with Gasteiger partial charge < -0.3 is 9.52 Å². The van der Waals surface area contributed by atoms with Gasteiger partial charge in [-0.15, -0.1) is 0 Å². The number of furan rings is 1. The van der Waals surface area contributed by atoms with Crippen molar-refractivity contribution in [3.8, 4) is 0 Å². The van der Waals surface area contributed by atoms with E-state index in [1.165, 1.54) is 12.3 Å². The van der Waals surface area contributed by atoms with Crippen LogP contribution in [0.1, 0.15) is 17.2 Å². The van der Waals surface area contributed by atoms with Gasteiger partial charge in [0, 0.05) is 16.5 Å². The molecule has 1 heterocycles. The Labute approximate surface area is 101 Å². The number of hydrogen-bond acceptors (Lipinski definition) is 2. The van der Waals surface area contributed by atoms with Crippen molar-refractivity contribution in [1.29, 1.82) is 0 Å². The number of rotatable bonds is 3. The fraction of sp³-hybridized carbons (Fsp3) is 0.167. The van der Waals surface area contributed by atoms with Gasteiger partial charge in [-0.1, -0.05) is 15.9 Å². The van der Waals surface area contributed by atoms with E-state index in [9.17, 15) is 9.50 Å². The van der Waals surface area contributed by atoms with Gasteiger partial charge >= 0.3 is 0 Å². The molecule has 1 N–H and O–H groups in total. The molecule has 0 radical (unpaired) electrons. The molecule has 2 rings (SSSR count). The number of hydrogen-bond donors (Lipinski definition) is 1. The van der Waals surface area contributed by atoms with Gasteiger partial charge in [-0.05, 0) is 29.8 Å². The monoisotopic (exact) mass is 284 g/mol. The summed E-state index contributed by atoms with van der Waals surface area (Å²) in [4.78, 5) is 0. The summed E-state index contributed by atoms with van der Waals surface area (Å²) < 4.78 is 19.1. The standard InChI is InChI=1S/C12H10BrFO2/c13-9-1-2-11(14)10(6-9)12(15)5-8-3-4-16-7-8/h1-4,6-7,12,15H,5H2. The van der Waals surface area contributed by atoms with E-state index >= 15 is 0 Å². The van der Waals surface area contributed by atoms with E-state index in [4.69, 9.17) is 4.42 Å². The molecule has 0 saturated heterocycles. The van der Waals surface area contributed by atoms with Crippen LogP contribution in [0.15, 0.2) is 45.7 Å². The van der Waals surface area contributed by atoms with E-state index in [0.717, 1.165) is 10.0 Å². The van der Waals surface area contributed by atoms with E-state index in [2.05, 4.69) is 15.9 Å². The Morgan fingerprint density at radius 1 is 1.38 bits per heavy atom. The van der Waals surface area contributed by atoms with Crippen LogP contribution < -0.4 is 0 Å². The predicted octanol–water partition coefficient (Wildman–Crippen LogP) is 3.46. The second-order valence-electron chi connectivity index (χ2n) is 3.52. The second kappa shape index (κ2) is 4.80. The maximum atomic E-state index is 13.4. The van der Waals surface area contributed by atoms with Gasteiger partial charge in [0.1, 0.15) is 5.82 Å². The zero-order chi connectivity index (χ0) is 11.5. The molecule has 84 valence electrons. The van der Waals surface area contributed by atoms with Crippen molar-refractivity contribution in [1.82, 2.24) is 0 Å². The van der Waals surface area contributed by atoms with Gasteiger partial charge in [-0.2, -0.15) is 0 Å². The molecule has 0 saturated carbocycles. The Morgan fingerprint density at radius 3 is 2.88 bits per heavy atom. The van der Waals surface area contributed by atoms with Gasteiger partial charge in [-0.3, -0.25) is 0 Å². The summed E-state index contributed by atoms with van der Waals surface area (Å²) in [5.41, 5.74) is 1.13. The lowest BCUT2D eigenvalue weighted by Crippen LogP contribution is -2.03. The van der Waals surface area contributed by atoms with Crippen LogP contribution >= 0.6 is 15.9 Å². The van der Waals surface area contributed by atoms with Crippen molar-refractivity contribution in [3.05, 3.63) is 58.2 Å². The van der Waals surface area contributed by atoms with Crippen LogP contribution in [0.25, 0.3) is 0 Å². The predicted molar refractivity (Wildman–Crippen MR) is 61.5 cm³/mol. The quantitative estimate of drug-likeness (QED) is 0.937. The van der Waals surface area contributed by atoms with Gasteiger partial charge in [0.25, 0.3) is 0 Å². The summed E-state index contributed by atoms with van der Waals surface area (Å²) in [6, 6.07) is 6.26. The average Bonchev–Trinajstić information content (AvgIpc) is 2.74. The van der Waals surface area contributed by atoms with E-state index in [0.29, 0.717) is 6.42 Å². The average molecular weight is 285 g/mol. The SMILES string of the molecule is OC(Cc1ccoc1)c1cc(Br)ccc1F. The molecular weight excluding hydrogens is 275 g/mol. The first-order valence-corrected chi connectivity index (χ1v) is 5.60. The third-order valence-electron chi connectivity index (χ3n) is 2.33. The minimum Gasteiger partial charge on any atom is -0.472 e. The molecule has 1 aromatic heterocycles. The second-order valence-corrected chi connectivity index (χ2v) is 4.43. The van der Waals surface area contributed by atoms with Gasteiger partial charge in [-0.25, -0.2) is 4.39 Å². The Kier molecular flexibility index (Phi) is 3.41. The topological polar surface area (TPSA) is 33.4 Å². The third-order valence-corrected chi connectivity index (χ3v) is 2.82. The molecule has 0 fully saturated rings. The van der Waals surface area contributed by atoms with Crippen molar-refractivity contribution in [2.45, 2.75) is 12.5 Å². The molecule has 0 bridgehead atoms. The molecule has 0 aliphatic heterocycles. The normalized spacial score (nSPS) is 12.7. The minimum absolute atomic E-state index is 0.288. The lowest BCUT2D eigenvalue weighted by molar-refractivity contribution is 0.173. The Hall–Kier alpha value is -1.13. The molecule has 4 heteroatoms. The van der Waals surface area contributed by atoms with Crippen molar-refractivity contribution in [2.24, 2.45) is 0 Å². The lowest BCUT2D eigenvalue weighted by Gasteiger charge is -2.11. The molecule has 0 aliphatic carbocycles. The molecule has 0 amide bonds. The summed E-state index contributed by atoms with van der Waals surface area (Å²) in [7, 11) is 0. The molecule has 2 nitrogen and oxygen atoms in total. The van der Waals surface area contributed by atoms with E-state index < -0.39 is 11.9 Å². The fourth-order valence-corrected chi connectivity index (χ4v) is 1.89. The summed E-state index contributed by atoms with van der Waals surface area (Å²) in [5, 5.41) is 9.90. The minimum atomic E-state index is -0.866. The highest BCUT2D eigenvalue weighted by atomic mass is 79.9. The molecule has 2 aromatic rings. The van der Waals surface area contributed by atoms with Crippen LogP contribution in [0, 0.1) is 5.82 Å². The van der Waals surface area contributed by atoms with Gasteiger partial charge in [0.2, 0.25) is 0 Å².